The summed E-state index contributed by atoms with van der Waals surface area (Å²) in [6, 6.07) is 22.4. The number of nitrogens with zero attached hydrogens (tertiary/aromatic N) is 1. The molecular formula is C17H13NO. The second-order valence-electron chi connectivity index (χ2n) is 4.36. The van der Waals surface area contributed by atoms with Crippen molar-refractivity contribution in [2.75, 3.05) is 0 Å². The predicted molar refractivity (Wildman–Crippen MR) is 78.8 cm³/mol. The Balaban J connectivity index is 2.33. The third kappa shape index (κ3) is 2.08. The van der Waals surface area contributed by atoms with Gasteiger partial charge in [0.15, 0.2) is 0 Å². The molecule has 3 aromatic carbocycles. The average Bonchev–Trinajstić information content (AvgIpc) is 2.49. The van der Waals surface area contributed by atoms with Gasteiger partial charge in [-0.25, -0.2) is 0 Å². The Morgan fingerprint density at radius 2 is 1.53 bits per heavy atom. The van der Waals surface area contributed by atoms with E-state index in [0.29, 0.717) is 0 Å². The average molecular weight is 247 g/mol. The van der Waals surface area contributed by atoms with Crippen molar-refractivity contribution < 1.29 is 5.21 Å². The van der Waals surface area contributed by atoms with Gasteiger partial charge in [0.05, 0.1) is 6.21 Å². The molecule has 2 heteroatoms. The van der Waals surface area contributed by atoms with Crippen LogP contribution in [0.1, 0.15) is 5.56 Å². The number of rotatable bonds is 2. The minimum Gasteiger partial charge on any atom is -0.411 e. The van der Waals surface area contributed by atoms with E-state index in [1.165, 1.54) is 6.21 Å². The van der Waals surface area contributed by atoms with Crippen molar-refractivity contribution in [3.05, 3.63) is 72.3 Å². The summed E-state index contributed by atoms with van der Waals surface area (Å²) < 4.78 is 0. The summed E-state index contributed by atoms with van der Waals surface area (Å²) in [6.07, 6.45) is 1.50. The summed E-state index contributed by atoms with van der Waals surface area (Å²) in [5, 5.41) is 14.4. The van der Waals surface area contributed by atoms with E-state index in [-0.39, 0.29) is 0 Å². The van der Waals surface area contributed by atoms with Gasteiger partial charge in [0.1, 0.15) is 0 Å². The molecule has 3 aromatic rings. The maximum Gasteiger partial charge on any atom is 0.0746 e. The van der Waals surface area contributed by atoms with Crippen LogP contribution in [0.4, 0.5) is 0 Å². The number of hydrogen-bond donors (Lipinski definition) is 1. The van der Waals surface area contributed by atoms with Gasteiger partial charge in [0, 0.05) is 5.56 Å². The van der Waals surface area contributed by atoms with E-state index >= 15 is 0 Å². The fourth-order valence-electron chi connectivity index (χ4n) is 2.36. The third-order valence-electron chi connectivity index (χ3n) is 3.24. The molecule has 0 aromatic heterocycles. The van der Waals surface area contributed by atoms with Crippen molar-refractivity contribution in [1.82, 2.24) is 0 Å². The first-order chi connectivity index (χ1) is 9.40. The summed E-state index contributed by atoms with van der Waals surface area (Å²) in [4.78, 5) is 0. The van der Waals surface area contributed by atoms with Gasteiger partial charge in [-0.2, -0.15) is 0 Å². The van der Waals surface area contributed by atoms with Crippen LogP contribution in [0.2, 0.25) is 0 Å². The van der Waals surface area contributed by atoms with Crippen molar-refractivity contribution >= 4 is 17.0 Å². The lowest BCUT2D eigenvalue weighted by Gasteiger charge is -2.09. The molecule has 0 saturated carbocycles. The molecule has 0 unspecified atom stereocenters. The molecule has 0 radical (unpaired) electrons. The molecule has 2 nitrogen and oxygen atoms in total. The molecule has 0 amide bonds. The van der Waals surface area contributed by atoms with Crippen LogP contribution in [0.15, 0.2) is 71.9 Å². The molecule has 0 heterocycles. The second-order valence-corrected chi connectivity index (χ2v) is 4.36. The molecule has 19 heavy (non-hydrogen) atoms. The summed E-state index contributed by atoms with van der Waals surface area (Å²) >= 11 is 0. The van der Waals surface area contributed by atoms with E-state index in [4.69, 9.17) is 5.21 Å². The summed E-state index contributed by atoms with van der Waals surface area (Å²) in [5.74, 6) is 0. The molecule has 0 aliphatic heterocycles. The molecule has 1 N–H and O–H groups in total. The van der Waals surface area contributed by atoms with Crippen molar-refractivity contribution in [1.29, 1.82) is 0 Å². The van der Waals surface area contributed by atoms with Crippen LogP contribution in [-0.4, -0.2) is 11.4 Å². The summed E-state index contributed by atoms with van der Waals surface area (Å²) in [6.45, 7) is 0. The second kappa shape index (κ2) is 4.94. The third-order valence-corrected chi connectivity index (χ3v) is 3.24. The van der Waals surface area contributed by atoms with Gasteiger partial charge in [-0.3, -0.25) is 0 Å². The highest BCUT2D eigenvalue weighted by Crippen LogP contribution is 2.29. The number of benzene rings is 3. The molecule has 0 saturated heterocycles. The van der Waals surface area contributed by atoms with Crippen LogP contribution in [0.3, 0.4) is 0 Å². The van der Waals surface area contributed by atoms with Gasteiger partial charge >= 0.3 is 0 Å². The number of fused-ring (bicyclic) bond motifs is 1. The molecule has 0 aliphatic rings. The SMILES string of the molecule is ON=Cc1c(-c2ccccc2)ccc2ccccc12. The summed E-state index contributed by atoms with van der Waals surface area (Å²) in [5.41, 5.74) is 3.12. The highest BCUT2D eigenvalue weighted by Gasteiger charge is 2.07. The smallest absolute Gasteiger partial charge is 0.0746 e. The normalized spacial score (nSPS) is 11.2. The van der Waals surface area contributed by atoms with E-state index < -0.39 is 0 Å². The topological polar surface area (TPSA) is 32.6 Å². The fraction of sp³-hybridized carbons (Fsp3) is 0. The van der Waals surface area contributed by atoms with Crippen LogP contribution in [-0.2, 0) is 0 Å². The number of hydrogen-bond acceptors (Lipinski definition) is 2. The monoisotopic (exact) mass is 247 g/mol. The van der Waals surface area contributed by atoms with Crippen molar-refractivity contribution in [3.63, 3.8) is 0 Å². The lowest BCUT2D eigenvalue weighted by molar-refractivity contribution is 0.322. The van der Waals surface area contributed by atoms with Crippen LogP contribution in [0.25, 0.3) is 21.9 Å². The molecule has 0 spiro atoms. The van der Waals surface area contributed by atoms with E-state index in [1.807, 2.05) is 36.4 Å². The Labute approximate surface area is 111 Å². The number of oxime groups is 1. The van der Waals surface area contributed by atoms with E-state index in [2.05, 4.69) is 35.5 Å². The molecule has 0 atom stereocenters. The van der Waals surface area contributed by atoms with Crippen LogP contribution >= 0.6 is 0 Å². The lowest BCUT2D eigenvalue weighted by atomic mass is 9.95. The van der Waals surface area contributed by atoms with E-state index in [9.17, 15) is 0 Å². The first-order valence-corrected chi connectivity index (χ1v) is 6.15. The van der Waals surface area contributed by atoms with Gasteiger partial charge < -0.3 is 5.21 Å². The molecule has 0 bridgehead atoms. The van der Waals surface area contributed by atoms with Crippen molar-refractivity contribution in [3.8, 4) is 11.1 Å². The van der Waals surface area contributed by atoms with Crippen LogP contribution < -0.4 is 0 Å². The van der Waals surface area contributed by atoms with Crippen LogP contribution in [0, 0.1) is 0 Å². The standard InChI is InChI=1S/C17H13NO/c19-18-12-17-15-9-5-4-8-14(15)10-11-16(17)13-6-2-1-3-7-13/h1-12,19H. The molecule has 0 fully saturated rings. The van der Waals surface area contributed by atoms with Gasteiger partial charge in [0.25, 0.3) is 0 Å². The minimum atomic E-state index is 0.937. The largest absolute Gasteiger partial charge is 0.411 e. The fourth-order valence-corrected chi connectivity index (χ4v) is 2.36. The molecule has 3 rings (SSSR count). The van der Waals surface area contributed by atoms with Crippen molar-refractivity contribution in [2.24, 2.45) is 5.16 Å². The van der Waals surface area contributed by atoms with Gasteiger partial charge in [-0.05, 0) is 21.9 Å². The first-order valence-electron chi connectivity index (χ1n) is 6.15. The van der Waals surface area contributed by atoms with Gasteiger partial charge in [0.2, 0.25) is 0 Å². The zero-order valence-corrected chi connectivity index (χ0v) is 10.3. The van der Waals surface area contributed by atoms with E-state index in [0.717, 1.165) is 27.5 Å². The first kappa shape index (κ1) is 11.5. The lowest BCUT2D eigenvalue weighted by Crippen LogP contribution is -1.90. The zero-order valence-electron chi connectivity index (χ0n) is 10.3. The quantitative estimate of drug-likeness (QED) is 0.408. The zero-order chi connectivity index (χ0) is 13.1. The van der Waals surface area contributed by atoms with Gasteiger partial charge in [-0.1, -0.05) is 71.9 Å². The summed E-state index contributed by atoms with van der Waals surface area (Å²) in [7, 11) is 0. The molecular weight excluding hydrogens is 234 g/mol. The van der Waals surface area contributed by atoms with Crippen LogP contribution in [0.5, 0.6) is 0 Å². The molecule has 0 aliphatic carbocycles. The highest BCUT2D eigenvalue weighted by atomic mass is 16.4. The van der Waals surface area contributed by atoms with Crippen molar-refractivity contribution in [2.45, 2.75) is 0 Å². The maximum absolute atomic E-state index is 8.92. The Kier molecular flexibility index (Phi) is 2.99. The Bertz CT molecular complexity index is 733. The van der Waals surface area contributed by atoms with Gasteiger partial charge in [-0.15, -0.1) is 0 Å². The minimum absolute atomic E-state index is 0.937. The molecule has 92 valence electrons. The van der Waals surface area contributed by atoms with E-state index in [1.54, 1.807) is 0 Å². The Morgan fingerprint density at radius 1 is 0.789 bits per heavy atom. The Morgan fingerprint density at radius 3 is 2.32 bits per heavy atom. The maximum atomic E-state index is 8.92. The Hall–Kier alpha value is -2.61. The predicted octanol–water partition coefficient (Wildman–Crippen LogP) is 4.31. The highest BCUT2D eigenvalue weighted by molar-refractivity contribution is 6.05.